The molecule has 1 aromatic heterocycles. The van der Waals surface area contributed by atoms with Gasteiger partial charge in [0.25, 0.3) is 0 Å². The minimum Gasteiger partial charge on any atom is -0.494 e. The third-order valence-corrected chi connectivity index (χ3v) is 5.51. The molecule has 0 saturated heterocycles. The van der Waals surface area contributed by atoms with Gasteiger partial charge in [-0.2, -0.15) is 5.26 Å². The van der Waals surface area contributed by atoms with Gasteiger partial charge >= 0.3 is 0 Å². The van der Waals surface area contributed by atoms with Gasteiger partial charge in [-0.15, -0.1) is 0 Å². The van der Waals surface area contributed by atoms with Crippen LogP contribution in [-0.2, 0) is 4.79 Å². The number of thioether (sulfide) groups is 1. The van der Waals surface area contributed by atoms with Crippen molar-refractivity contribution in [3.8, 4) is 11.8 Å². The molecule has 7 heteroatoms. The summed E-state index contributed by atoms with van der Waals surface area (Å²) >= 11 is 1.35. The molecule has 0 radical (unpaired) electrons. The second kappa shape index (κ2) is 8.45. The van der Waals surface area contributed by atoms with E-state index in [0.717, 1.165) is 55.3 Å². The molecule has 1 heterocycles. The summed E-state index contributed by atoms with van der Waals surface area (Å²) < 4.78 is 5.49. The Morgan fingerprint density at radius 2 is 2.15 bits per heavy atom. The Bertz CT molecular complexity index is 803. The van der Waals surface area contributed by atoms with E-state index in [2.05, 4.69) is 21.4 Å². The fraction of sp³-hybridized carbons (Fsp3) is 0.526. The molecule has 26 heavy (non-hydrogen) atoms. The molecule has 0 aliphatic heterocycles. The van der Waals surface area contributed by atoms with Crippen molar-refractivity contribution in [2.75, 3.05) is 12.4 Å². The number of ether oxygens (including phenoxy) is 1. The monoisotopic (exact) mass is 372 g/mol. The van der Waals surface area contributed by atoms with Gasteiger partial charge in [0.1, 0.15) is 11.3 Å². The van der Waals surface area contributed by atoms with Gasteiger partial charge in [0.2, 0.25) is 5.91 Å². The highest BCUT2D eigenvalue weighted by molar-refractivity contribution is 7.99. The summed E-state index contributed by atoms with van der Waals surface area (Å²) in [5, 5.41) is 13.2. The molecule has 1 saturated carbocycles. The van der Waals surface area contributed by atoms with Crippen molar-refractivity contribution in [2.45, 2.75) is 56.1 Å². The van der Waals surface area contributed by atoms with E-state index in [4.69, 9.17) is 4.74 Å². The number of hydrogen-bond donors (Lipinski definition) is 2. The van der Waals surface area contributed by atoms with Crippen LogP contribution in [0.2, 0.25) is 0 Å². The molecule has 1 aliphatic rings. The van der Waals surface area contributed by atoms with E-state index in [1.165, 1.54) is 11.8 Å². The van der Waals surface area contributed by atoms with Crippen molar-refractivity contribution in [2.24, 2.45) is 0 Å². The first kappa shape index (κ1) is 18.6. The summed E-state index contributed by atoms with van der Waals surface area (Å²) in [5.41, 5.74) is 1.03. The van der Waals surface area contributed by atoms with E-state index in [9.17, 15) is 10.1 Å². The van der Waals surface area contributed by atoms with Crippen LogP contribution in [0.1, 0.15) is 45.4 Å². The lowest BCUT2D eigenvalue weighted by atomic mass is 9.92. The molecule has 1 amide bonds. The standard InChI is InChI=1S/C19H24N4O2S/c1-2-25-14-7-8-15-16(11-14)22-18(21-15)26-12-17(24)23-19(13-20)9-5-3-4-6-10-19/h7-8,11H,2-6,9-10,12H2,1H3,(H,21,22)(H,23,24). The number of nitriles is 1. The molecule has 1 aliphatic carbocycles. The molecule has 2 aromatic rings. The van der Waals surface area contributed by atoms with Crippen LogP contribution in [0.3, 0.4) is 0 Å². The normalized spacial score (nSPS) is 16.6. The minimum atomic E-state index is -0.700. The number of carbonyl (C=O) groups excluding carboxylic acids is 1. The molecule has 0 unspecified atom stereocenters. The van der Waals surface area contributed by atoms with Gasteiger partial charge < -0.3 is 15.0 Å². The molecule has 1 aromatic carbocycles. The zero-order valence-electron chi connectivity index (χ0n) is 15.0. The Morgan fingerprint density at radius 1 is 1.38 bits per heavy atom. The second-order valence-corrected chi connectivity index (χ2v) is 7.56. The van der Waals surface area contributed by atoms with E-state index in [1.807, 2.05) is 25.1 Å². The van der Waals surface area contributed by atoms with Crippen LogP contribution < -0.4 is 10.1 Å². The number of H-pyrrole nitrogens is 1. The molecule has 6 nitrogen and oxygen atoms in total. The zero-order chi connectivity index (χ0) is 18.4. The zero-order valence-corrected chi connectivity index (χ0v) is 15.8. The fourth-order valence-electron chi connectivity index (χ4n) is 3.32. The number of benzene rings is 1. The van der Waals surface area contributed by atoms with Gasteiger partial charge in [0.15, 0.2) is 5.16 Å². The number of aromatic nitrogens is 2. The number of hydrogen-bond acceptors (Lipinski definition) is 5. The van der Waals surface area contributed by atoms with Gasteiger partial charge in [0, 0.05) is 6.07 Å². The molecule has 138 valence electrons. The average Bonchev–Trinajstić information content (AvgIpc) is 2.90. The third kappa shape index (κ3) is 4.50. The maximum Gasteiger partial charge on any atom is 0.231 e. The van der Waals surface area contributed by atoms with Gasteiger partial charge in [-0.25, -0.2) is 4.98 Å². The fourth-order valence-corrected chi connectivity index (χ4v) is 4.01. The molecule has 2 N–H and O–H groups in total. The van der Waals surface area contributed by atoms with Crippen molar-refractivity contribution < 1.29 is 9.53 Å². The largest absolute Gasteiger partial charge is 0.494 e. The maximum atomic E-state index is 12.4. The Labute approximate surface area is 157 Å². The molecule has 1 fully saturated rings. The number of aromatic amines is 1. The smallest absolute Gasteiger partial charge is 0.231 e. The van der Waals surface area contributed by atoms with Crippen LogP contribution >= 0.6 is 11.8 Å². The topological polar surface area (TPSA) is 90.8 Å². The number of imidazole rings is 1. The molecule has 3 rings (SSSR count). The van der Waals surface area contributed by atoms with Crippen LogP contribution in [-0.4, -0.2) is 33.8 Å². The van der Waals surface area contributed by atoms with E-state index >= 15 is 0 Å². The number of amides is 1. The molecule has 0 spiro atoms. The highest BCUT2D eigenvalue weighted by Gasteiger charge is 2.32. The lowest BCUT2D eigenvalue weighted by molar-refractivity contribution is -0.120. The summed E-state index contributed by atoms with van der Waals surface area (Å²) in [6.07, 6.45) is 5.74. The number of nitrogens with zero attached hydrogens (tertiary/aromatic N) is 2. The van der Waals surface area contributed by atoms with Crippen molar-refractivity contribution in [1.29, 1.82) is 5.26 Å². The summed E-state index contributed by atoms with van der Waals surface area (Å²) in [5.74, 6) is 0.915. The molecule has 0 bridgehead atoms. The maximum absolute atomic E-state index is 12.4. The van der Waals surface area contributed by atoms with E-state index < -0.39 is 5.54 Å². The van der Waals surface area contributed by atoms with E-state index in [-0.39, 0.29) is 11.7 Å². The summed E-state index contributed by atoms with van der Waals surface area (Å²) in [6, 6.07) is 8.04. The SMILES string of the molecule is CCOc1ccc2nc(SCC(=O)NC3(C#N)CCCCCC3)[nH]c2c1. The van der Waals surface area contributed by atoms with Crippen LogP contribution in [0.4, 0.5) is 0 Å². The Kier molecular flexibility index (Phi) is 6.04. The predicted octanol–water partition coefficient (Wildman–Crippen LogP) is 3.79. The minimum absolute atomic E-state index is 0.117. The van der Waals surface area contributed by atoms with Gasteiger partial charge in [-0.1, -0.05) is 37.4 Å². The van der Waals surface area contributed by atoms with Crippen molar-refractivity contribution in [1.82, 2.24) is 15.3 Å². The van der Waals surface area contributed by atoms with Crippen molar-refractivity contribution in [3.63, 3.8) is 0 Å². The molecular weight excluding hydrogens is 348 g/mol. The van der Waals surface area contributed by atoms with Gasteiger partial charge in [-0.3, -0.25) is 4.79 Å². The predicted molar refractivity (Wildman–Crippen MR) is 102 cm³/mol. The second-order valence-electron chi connectivity index (χ2n) is 6.60. The van der Waals surface area contributed by atoms with E-state index in [0.29, 0.717) is 11.8 Å². The summed E-state index contributed by atoms with van der Waals surface area (Å²) in [6.45, 7) is 2.56. The molecular formula is C19H24N4O2S. The number of fused-ring (bicyclic) bond motifs is 1. The highest BCUT2D eigenvalue weighted by Crippen LogP contribution is 2.27. The lowest BCUT2D eigenvalue weighted by Gasteiger charge is -2.26. The van der Waals surface area contributed by atoms with Crippen molar-refractivity contribution in [3.05, 3.63) is 18.2 Å². The summed E-state index contributed by atoms with van der Waals surface area (Å²) in [7, 11) is 0. The van der Waals surface area contributed by atoms with Crippen molar-refractivity contribution >= 4 is 28.7 Å². The molecule has 0 atom stereocenters. The first-order valence-corrected chi connectivity index (χ1v) is 10.1. The first-order valence-electron chi connectivity index (χ1n) is 9.12. The number of rotatable bonds is 6. The Balaban J connectivity index is 1.60. The van der Waals surface area contributed by atoms with Crippen LogP contribution in [0, 0.1) is 11.3 Å². The van der Waals surface area contributed by atoms with Crippen LogP contribution in [0.15, 0.2) is 23.4 Å². The van der Waals surface area contributed by atoms with E-state index in [1.54, 1.807) is 0 Å². The van der Waals surface area contributed by atoms with Crippen LogP contribution in [0.5, 0.6) is 5.75 Å². The number of carbonyl (C=O) groups is 1. The summed E-state index contributed by atoms with van der Waals surface area (Å²) in [4.78, 5) is 20.1. The van der Waals surface area contributed by atoms with Crippen LogP contribution in [0.25, 0.3) is 11.0 Å². The van der Waals surface area contributed by atoms with Gasteiger partial charge in [0.05, 0.1) is 29.5 Å². The highest BCUT2D eigenvalue weighted by atomic mass is 32.2. The average molecular weight is 372 g/mol. The lowest BCUT2D eigenvalue weighted by Crippen LogP contribution is -2.47. The number of nitrogens with one attached hydrogen (secondary N) is 2. The Morgan fingerprint density at radius 3 is 2.85 bits per heavy atom. The van der Waals surface area contributed by atoms with Gasteiger partial charge in [-0.05, 0) is 31.9 Å². The Hall–Kier alpha value is -2.20. The quantitative estimate of drug-likeness (QED) is 0.595. The third-order valence-electron chi connectivity index (χ3n) is 4.63. The first-order chi connectivity index (χ1) is 12.6.